The van der Waals surface area contributed by atoms with Gasteiger partial charge in [-0.25, -0.2) is 0 Å². The van der Waals surface area contributed by atoms with Gasteiger partial charge in [-0.2, -0.15) is 0 Å². The van der Waals surface area contributed by atoms with Gasteiger partial charge in [0.15, 0.2) is 0 Å². The molecule has 1 saturated heterocycles. The fourth-order valence-electron chi connectivity index (χ4n) is 4.31. The largest absolute Gasteiger partial charge is 0.334 e. The third-order valence-electron chi connectivity index (χ3n) is 5.14. The minimum atomic E-state index is 0.358. The van der Waals surface area contributed by atoms with E-state index in [1.54, 1.807) is 0 Å². The lowest BCUT2D eigenvalue weighted by Crippen LogP contribution is -2.58. The molecule has 1 heterocycles. The molecule has 0 aromatic heterocycles. The molecule has 1 N–H and O–H groups in total. The number of carbonyl (C=O) groups excluding carboxylic acids is 1. The Kier molecular flexibility index (Phi) is 2.89. The van der Waals surface area contributed by atoms with E-state index in [-0.39, 0.29) is 0 Å². The number of nitrogens with zero attached hydrogens (tertiary/aromatic N) is 1. The molecule has 0 aromatic rings. The zero-order valence-corrected chi connectivity index (χ0v) is 11.0. The highest BCUT2D eigenvalue weighted by Gasteiger charge is 2.46. The normalized spacial score (nSPS) is 45.3. The van der Waals surface area contributed by atoms with Gasteiger partial charge < -0.3 is 10.2 Å². The Balaban J connectivity index is 1.72. The van der Waals surface area contributed by atoms with Crippen LogP contribution in [0.1, 0.15) is 39.5 Å². The van der Waals surface area contributed by atoms with Gasteiger partial charge in [-0.15, -0.1) is 0 Å². The molecule has 17 heavy (non-hydrogen) atoms. The van der Waals surface area contributed by atoms with E-state index in [1.807, 2.05) is 0 Å². The van der Waals surface area contributed by atoms with Gasteiger partial charge in [-0.3, -0.25) is 4.79 Å². The Morgan fingerprint density at radius 1 is 1.12 bits per heavy atom. The highest BCUT2D eigenvalue weighted by molar-refractivity contribution is 5.80. The molecule has 1 amide bonds. The molecular weight excluding hydrogens is 212 g/mol. The first-order chi connectivity index (χ1) is 8.16. The molecular formula is C14H24N2O. The zero-order valence-electron chi connectivity index (χ0n) is 11.0. The van der Waals surface area contributed by atoms with Crippen LogP contribution in [0.15, 0.2) is 0 Å². The van der Waals surface area contributed by atoms with Gasteiger partial charge in [0, 0.05) is 31.1 Å². The molecule has 1 aliphatic heterocycles. The Labute approximate surface area is 104 Å². The summed E-state index contributed by atoms with van der Waals surface area (Å²) in [5, 5.41) is 3.40. The quantitative estimate of drug-likeness (QED) is 0.750. The lowest BCUT2D eigenvalue weighted by molar-refractivity contribution is -0.142. The fraction of sp³-hybridized carbons (Fsp3) is 0.929. The average molecular weight is 236 g/mol. The number of rotatable bonds is 1. The summed E-state index contributed by atoms with van der Waals surface area (Å²) >= 11 is 0. The number of carbonyl (C=O) groups is 1. The van der Waals surface area contributed by atoms with Crippen molar-refractivity contribution >= 4 is 5.91 Å². The van der Waals surface area contributed by atoms with Gasteiger partial charge in [0.1, 0.15) is 0 Å². The predicted molar refractivity (Wildman–Crippen MR) is 67.6 cm³/mol. The summed E-state index contributed by atoms with van der Waals surface area (Å²) in [6.45, 7) is 6.26. The number of nitrogens with one attached hydrogen (secondary N) is 1. The van der Waals surface area contributed by atoms with E-state index in [0.717, 1.165) is 19.0 Å². The van der Waals surface area contributed by atoms with Crippen LogP contribution in [-0.4, -0.2) is 36.0 Å². The third-order valence-corrected chi connectivity index (χ3v) is 5.14. The first kappa shape index (κ1) is 11.5. The SMILES string of the molecule is CC1CNCC(C)N1C(=O)C1CC2CCC1C2. The molecule has 3 nitrogen and oxygen atoms in total. The van der Waals surface area contributed by atoms with E-state index in [9.17, 15) is 4.79 Å². The van der Waals surface area contributed by atoms with Crippen LogP contribution in [0.25, 0.3) is 0 Å². The van der Waals surface area contributed by atoms with Crippen LogP contribution in [0.3, 0.4) is 0 Å². The summed E-state index contributed by atoms with van der Waals surface area (Å²) in [6.07, 6.45) is 5.18. The van der Waals surface area contributed by atoms with Crippen molar-refractivity contribution in [1.29, 1.82) is 0 Å². The van der Waals surface area contributed by atoms with Crippen molar-refractivity contribution in [2.75, 3.05) is 13.1 Å². The van der Waals surface area contributed by atoms with Crippen LogP contribution in [0, 0.1) is 17.8 Å². The van der Waals surface area contributed by atoms with Gasteiger partial charge in [0.05, 0.1) is 0 Å². The minimum absolute atomic E-state index is 0.358. The number of amides is 1. The average Bonchev–Trinajstić information content (AvgIpc) is 2.90. The van der Waals surface area contributed by atoms with Crippen LogP contribution < -0.4 is 5.32 Å². The maximum Gasteiger partial charge on any atom is 0.226 e. The monoisotopic (exact) mass is 236 g/mol. The van der Waals surface area contributed by atoms with Crippen molar-refractivity contribution in [3.8, 4) is 0 Å². The lowest BCUT2D eigenvalue weighted by atomic mass is 9.87. The maximum atomic E-state index is 12.7. The van der Waals surface area contributed by atoms with E-state index in [1.165, 1.54) is 25.7 Å². The van der Waals surface area contributed by atoms with Crippen LogP contribution in [0.2, 0.25) is 0 Å². The van der Waals surface area contributed by atoms with Crippen LogP contribution in [0.5, 0.6) is 0 Å². The Hall–Kier alpha value is -0.570. The van der Waals surface area contributed by atoms with Crippen molar-refractivity contribution in [2.45, 2.75) is 51.6 Å². The van der Waals surface area contributed by atoms with E-state index >= 15 is 0 Å². The lowest BCUT2D eigenvalue weighted by Gasteiger charge is -2.42. The summed E-state index contributed by atoms with van der Waals surface area (Å²) in [4.78, 5) is 14.9. The number of fused-ring (bicyclic) bond motifs is 2. The number of hydrogen-bond acceptors (Lipinski definition) is 2. The molecule has 3 heteroatoms. The topological polar surface area (TPSA) is 32.3 Å². The first-order valence-electron chi connectivity index (χ1n) is 7.19. The van der Waals surface area contributed by atoms with E-state index in [4.69, 9.17) is 0 Å². The van der Waals surface area contributed by atoms with Crippen molar-refractivity contribution in [2.24, 2.45) is 17.8 Å². The molecule has 5 atom stereocenters. The molecule has 96 valence electrons. The number of hydrogen-bond donors (Lipinski definition) is 1. The third kappa shape index (κ3) is 1.88. The zero-order chi connectivity index (χ0) is 12.0. The molecule has 2 aliphatic carbocycles. The first-order valence-corrected chi connectivity index (χ1v) is 7.19. The van der Waals surface area contributed by atoms with Gasteiger partial charge in [0.2, 0.25) is 5.91 Å². The van der Waals surface area contributed by atoms with Crippen molar-refractivity contribution in [3.63, 3.8) is 0 Å². The Morgan fingerprint density at radius 2 is 1.82 bits per heavy atom. The van der Waals surface area contributed by atoms with Crippen LogP contribution in [-0.2, 0) is 4.79 Å². The van der Waals surface area contributed by atoms with E-state index in [2.05, 4.69) is 24.1 Å². The molecule has 2 bridgehead atoms. The summed E-state index contributed by atoms with van der Waals surface area (Å²) in [7, 11) is 0. The van der Waals surface area contributed by atoms with E-state index < -0.39 is 0 Å². The molecule has 0 aromatic carbocycles. The molecule has 0 radical (unpaired) electrons. The second-order valence-electron chi connectivity index (χ2n) is 6.38. The van der Waals surface area contributed by atoms with Gasteiger partial charge in [-0.1, -0.05) is 6.42 Å². The van der Waals surface area contributed by atoms with Gasteiger partial charge in [0.25, 0.3) is 0 Å². The summed E-state index contributed by atoms with van der Waals surface area (Å²) in [6, 6.07) is 0.732. The van der Waals surface area contributed by atoms with Crippen LogP contribution in [0.4, 0.5) is 0 Å². The minimum Gasteiger partial charge on any atom is -0.334 e. The van der Waals surface area contributed by atoms with Gasteiger partial charge >= 0.3 is 0 Å². The Bertz CT molecular complexity index is 307. The highest BCUT2D eigenvalue weighted by Crippen LogP contribution is 2.49. The standard InChI is InChI=1S/C14H24N2O/c1-9-7-15-8-10(2)16(9)14(17)13-6-11-3-4-12(13)5-11/h9-13,15H,3-8H2,1-2H3. The molecule has 0 spiro atoms. The van der Waals surface area contributed by atoms with Gasteiger partial charge in [-0.05, 0) is 44.9 Å². The second kappa shape index (κ2) is 4.27. The predicted octanol–water partition coefficient (Wildman–Crippen LogP) is 1.63. The molecule has 2 saturated carbocycles. The molecule has 3 aliphatic rings. The smallest absolute Gasteiger partial charge is 0.226 e. The second-order valence-corrected chi connectivity index (χ2v) is 6.38. The summed E-state index contributed by atoms with van der Waals surface area (Å²) in [5.74, 6) is 2.39. The Morgan fingerprint density at radius 3 is 2.35 bits per heavy atom. The molecule has 3 fully saturated rings. The van der Waals surface area contributed by atoms with Crippen molar-refractivity contribution in [1.82, 2.24) is 10.2 Å². The highest BCUT2D eigenvalue weighted by atomic mass is 16.2. The molecule has 3 rings (SSSR count). The van der Waals surface area contributed by atoms with Crippen LogP contribution >= 0.6 is 0 Å². The summed E-state index contributed by atoms with van der Waals surface area (Å²) in [5.41, 5.74) is 0. The van der Waals surface area contributed by atoms with Crippen molar-refractivity contribution in [3.05, 3.63) is 0 Å². The number of piperazine rings is 1. The van der Waals surface area contributed by atoms with Crippen molar-refractivity contribution < 1.29 is 4.79 Å². The van der Waals surface area contributed by atoms with E-state index in [0.29, 0.717) is 29.8 Å². The molecule has 5 unspecified atom stereocenters. The maximum absolute atomic E-state index is 12.7. The summed E-state index contributed by atoms with van der Waals surface area (Å²) < 4.78 is 0. The fourth-order valence-corrected chi connectivity index (χ4v) is 4.31.